The minimum atomic E-state index is -0.0323. The van der Waals surface area contributed by atoms with Gasteiger partial charge in [-0.2, -0.15) is 0 Å². The Hall–Kier alpha value is -4.04. The van der Waals surface area contributed by atoms with E-state index in [0.29, 0.717) is 0 Å². The molecule has 1 atom stereocenters. The third kappa shape index (κ3) is 3.34. The summed E-state index contributed by atoms with van der Waals surface area (Å²) in [6.45, 7) is 2.30. The largest absolute Gasteiger partial charge is 0.365 e. The average Bonchev–Trinajstić information content (AvgIpc) is 3.22. The lowest BCUT2D eigenvalue weighted by Crippen LogP contribution is -2.42. The Bertz CT molecular complexity index is 1540. The molecule has 34 heavy (non-hydrogen) atoms. The Labute approximate surface area is 201 Å². The van der Waals surface area contributed by atoms with Gasteiger partial charge in [0.1, 0.15) is 0 Å². The SMILES string of the molecule is CN(c1ccc2c(c1)c1cc(-c3ccccc3)ccc1n2-c1ccccc1)C1(C)C=CC=CC1. The molecular formula is C32H28N2. The van der Waals surface area contributed by atoms with E-state index in [0.717, 1.165) is 6.42 Å². The third-order valence-corrected chi connectivity index (χ3v) is 7.26. The summed E-state index contributed by atoms with van der Waals surface area (Å²) in [6.07, 6.45) is 9.85. The second-order valence-electron chi connectivity index (χ2n) is 9.38. The van der Waals surface area contributed by atoms with Gasteiger partial charge >= 0.3 is 0 Å². The van der Waals surface area contributed by atoms with E-state index < -0.39 is 0 Å². The topological polar surface area (TPSA) is 8.17 Å². The van der Waals surface area contributed by atoms with Crippen molar-refractivity contribution in [2.75, 3.05) is 11.9 Å². The summed E-state index contributed by atoms with van der Waals surface area (Å²) in [5.74, 6) is 0. The van der Waals surface area contributed by atoms with Crippen molar-refractivity contribution in [2.45, 2.75) is 18.9 Å². The molecule has 4 aromatic carbocycles. The van der Waals surface area contributed by atoms with Gasteiger partial charge in [0, 0.05) is 29.2 Å². The zero-order valence-corrected chi connectivity index (χ0v) is 19.6. The van der Waals surface area contributed by atoms with Crippen LogP contribution in [0.2, 0.25) is 0 Å². The van der Waals surface area contributed by atoms with E-state index in [4.69, 9.17) is 0 Å². The van der Waals surface area contributed by atoms with E-state index in [-0.39, 0.29) is 5.54 Å². The summed E-state index contributed by atoms with van der Waals surface area (Å²) >= 11 is 0. The number of para-hydroxylation sites is 1. The molecule has 1 unspecified atom stereocenters. The first-order chi connectivity index (χ1) is 16.6. The smallest absolute Gasteiger partial charge is 0.0590 e. The number of hydrogen-bond acceptors (Lipinski definition) is 1. The van der Waals surface area contributed by atoms with Crippen molar-refractivity contribution in [3.05, 3.63) is 121 Å². The number of likely N-dealkylation sites (N-methyl/N-ethyl adjacent to an activating group) is 1. The van der Waals surface area contributed by atoms with Crippen molar-refractivity contribution < 1.29 is 0 Å². The molecule has 6 rings (SSSR count). The van der Waals surface area contributed by atoms with Crippen LogP contribution in [-0.2, 0) is 0 Å². The van der Waals surface area contributed by atoms with Gasteiger partial charge in [-0.3, -0.25) is 0 Å². The van der Waals surface area contributed by atoms with Crippen LogP contribution in [0.5, 0.6) is 0 Å². The summed E-state index contributed by atoms with van der Waals surface area (Å²) in [5, 5.41) is 2.56. The van der Waals surface area contributed by atoms with Crippen LogP contribution in [-0.4, -0.2) is 17.2 Å². The Morgan fingerprint density at radius 3 is 2.09 bits per heavy atom. The van der Waals surface area contributed by atoms with Crippen LogP contribution < -0.4 is 4.90 Å². The van der Waals surface area contributed by atoms with Crippen LogP contribution in [0.25, 0.3) is 38.6 Å². The molecule has 0 saturated carbocycles. The van der Waals surface area contributed by atoms with Crippen LogP contribution in [0.4, 0.5) is 5.69 Å². The highest BCUT2D eigenvalue weighted by Crippen LogP contribution is 2.38. The monoisotopic (exact) mass is 440 g/mol. The van der Waals surface area contributed by atoms with E-state index in [1.807, 2.05) is 0 Å². The fraction of sp³-hybridized carbons (Fsp3) is 0.125. The molecule has 0 aliphatic heterocycles. The Kier molecular flexibility index (Phi) is 4.88. The maximum absolute atomic E-state index is 2.40. The van der Waals surface area contributed by atoms with Gasteiger partial charge in [-0.15, -0.1) is 0 Å². The number of hydrogen-bond donors (Lipinski definition) is 0. The summed E-state index contributed by atoms with van der Waals surface area (Å²) in [6, 6.07) is 35.1. The predicted octanol–water partition coefficient (Wildman–Crippen LogP) is 8.16. The van der Waals surface area contributed by atoms with Crippen molar-refractivity contribution in [2.24, 2.45) is 0 Å². The van der Waals surface area contributed by atoms with Crippen LogP contribution in [0.1, 0.15) is 13.3 Å². The molecular weight excluding hydrogens is 412 g/mol. The summed E-state index contributed by atoms with van der Waals surface area (Å²) in [5.41, 5.74) is 7.32. The van der Waals surface area contributed by atoms with Crippen molar-refractivity contribution in [3.63, 3.8) is 0 Å². The van der Waals surface area contributed by atoms with Gasteiger partial charge in [-0.05, 0) is 66.9 Å². The summed E-state index contributed by atoms with van der Waals surface area (Å²) in [4.78, 5) is 2.40. The van der Waals surface area contributed by atoms with E-state index in [1.165, 1.54) is 44.3 Å². The van der Waals surface area contributed by atoms with E-state index in [9.17, 15) is 0 Å². The van der Waals surface area contributed by atoms with Crippen LogP contribution in [0, 0.1) is 0 Å². The fourth-order valence-corrected chi connectivity index (χ4v) is 5.15. The molecule has 1 aliphatic rings. The van der Waals surface area contributed by atoms with Crippen molar-refractivity contribution >= 4 is 27.5 Å². The third-order valence-electron chi connectivity index (χ3n) is 7.26. The zero-order valence-electron chi connectivity index (χ0n) is 19.6. The van der Waals surface area contributed by atoms with Crippen LogP contribution in [0.15, 0.2) is 121 Å². The van der Waals surface area contributed by atoms with Crippen LogP contribution >= 0.6 is 0 Å². The van der Waals surface area contributed by atoms with Gasteiger partial charge in [0.15, 0.2) is 0 Å². The summed E-state index contributed by atoms with van der Waals surface area (Å²) in [7, 11) is 2.20. The molecule has 1 heterocycles. The lowest BCUT2D eigenvalue weighted by molar-refractivity contribution is 0.549. The molecule has 0 fully saturated rings. The van der Waals surface area contributed by atoms with E-state index in [2.05, 4.69) is 145 Å². The number of nitrogens with zero attached hydrogens (tertiary/aromatic N) is 2. The molecule has 0 spiro atoms. The van der Waals surface area contributed by atoms with Gasteiger partial charge in [0.2, 0.25) is 0 Å². The van der Waals surface area contributed by atoms with Gasteiger partial charge in [-0.1, -0.05) is 78.9 Å². The highest BCUT2D eigenvalue weighted by atomic mass is 15.2. The fourth-order valence-electron chi connectivity index (χ4n) is 5.15. The van der Waals surface area contributed by atoms with Crippen molar-refractivity contribution in [3.8, 4) is 16.8 Å². The quantitative estimate of drug-likeness (QED) is 0.274. The lowest BCUT2D eigenvalue weighted by atomic mass is 9.91. The molecule has 0 N–H and O–H groups in total. The first-order valence-electron chi connectivity index (χ1n) is 11.9. The molecule has 0 bridgehead atoms. The molecule has 166 valence electrons. The Balaban J connectivity index is 1.59. The molecule has 0 amide bonds. The number of aromatic nitrogens is 1. The zero-order chi connectivity index (χ0) is 23.1. The first kappa shape index (κ1) is 20.6. The van der Waals surface area contributed by atoms with E-state index in [1.54, 1.807) is 0 Å². The molecule has 0 radical (unpaired) electrons. The summed E-state index contributed by atoms with van der Waals surface area (Å²) < 4.78 is 2.38. The van der Waals surface area contributed by atoms with Crippen molar-refractivity contribution in [1.29, 1.82) is 0 Å². The van der Waals surface area contributed by atoms with E-state index >= 15 is 0 Å². The van der Waals surface area contributed by atoms with Gasteiger partial charge < -0.3 is 9.47 Å². The number of anilines is 1. The molecule has 2 nitrogen and oxygen atoms in total. The molecule has 2 heteroatoms. The molecule has 1 aromatic heterocycles. The standard InChI is InChI=1S/C32H28N2/c1-32(20-10-5-11-21-32)33(2)27-17-19-31-29(23-27)28-22-25(24-12-6-3-7-13-24)16-18-30(28)34(31)26-14-8-4-9-15-26/h3-20,22-23H,21H2,1-2H3. The second kappa shape index (κ2) is 8.07. The van der Waals surface area contributed by atoms with Gasteiger partial charge in [0.25, 0.3) is 0 Å². The average molecular weight is 441 g/mol. The number of rotatable bonds is 4. The number of benzene rings is 4. The normalized spacial score (nSPS) is 17.5. The minimum absolute atomic E-state index is 0.0323. The molecule has 5 aromatic rings. The Morgan fingerprint density at radius 2 is 1.38 bits per heavy atom. The van der Waals surface area contributed by atoms with Crippen LogP contribution in [0.3, 0.4) is 0 Å². The highest BCUT2D eigenvalue weighted by molar-refractivity contribution is 6.11. The highest BCUT2D eigenvalue weighted by Gasteiger charge is 2.27. The second-order valence-corrected chi connectivity index (χ2v) is 9.38. The maximum Gasteiger partial charge on any atom is 0.0590 e. The number of allylic oxidation sites excluding steroid dienone is 2. The van der Waals surface area contributed by atoms with Gasteiger partial charge in [0.05, 0.1) is 16.6 Å². The number of fused-ring (bicyclic) bond motifs is 3. The predicted molar refractivity (Wildman–Crippen MR) is 146 cm³/mol. The minimum Gasteiger partial charge on any atom is -0.365 e. The Morgan fingerprint density at radius 1 is 0.706 bits per heavy atom. The first-order valence-corrected chi connectivity index (χ1v) is 11.9. The maximum atomic E-state index is 2.40. The lowest BCUT2D eigenvalue weighted by Gasteiger charge is -2.39. The molecule has 0 saturated heterocycles. The van der Waals surface area contributed by atoms with Gasteiger partial charge in [-0.25, -0.2) is 0 Å². The molecule has 1 aliphatic carbocycles. The van der Waals surface area contributed by atoms with Crippen molar-refractivity contribution in [1.82, 2.24) is 4.57 Å².